The van der Waals surface area contributed by atoms with Crippen LogP contribution >= 0.6 is 25.3 Å². The highest BCUT2D eigenvalue weighted by Crippen LogP contribution is 2.12. The zero-order chi connectivity index (χ0) is 51.5. The van der Waals surface area contributed by atoms with Gasteiger partial charge in [0.1, 0.15) is 42.3 Å². The number of hydrogen-bond acceptors (Lipinski definition) is 14. The maximum Gasteiger partial charge on any atom is 0.326 e. The molecule has 0 saturated carbocycles. The molecule has 15 N–H and O–H groups in total. The van der Waals surface area contributed by atoms with Crippen molar-refractivity contribution in [2.45, 2.75) is 126 Å². The lowest BCUT2D eigenvalue weighted by Gasteiger charge is -2.27. The van der Waals surface area contributed by atoms with E-state index in [0.29, 0.717) is 56.3 Å². The van der Waals surface area contributed by atoms with E-state index in [1.54, 1.807) is 74.5 Å². The first-order chi connectivity index (χ1) is 32.8. The zero-order valence-electron chi connectivity index (χ0n) is 39.1. The second-order valence-electron chi connectivity index (χ2n) is 16.9. The van der Waals surface area contributed by atoms with Crippen LogP contribution in [0.2, 0.25) is 0 Å². The summed E-state index contributed by atoms with van der Waals surface area (Å²) in [6.07, 6.45) is 1.50. The van der Waals surface area contributed by atoms with E-state index in [1.165, 1.54) is 0 Å². The van der Waals surface area contributed by atoms with Crippen LogP contribution in [0.1, 0.15) is 76.3 Å². The smallest absolute Gasteiger partial charge is 0.326 e. The Hall–Kier alpha value is -5.75. The van der Waals surface area contributed by atoms with Crippen molar-refractivity contribution in [3.05, 3.63) is 71.8 Å². The number of carboxylic acid groups (broad SMARTS) is 2. The zero-order valence-corrected chi connectivity index (χ0v) is 40.9. The number of aliphatic carboxylic acids is 2. The van der Waals surface area contributed by atoms with Crippen molar-refractivity contribution in [3.63, 3.8) is 0 Å². The number of hydrogen-bond donors (Lipinski definition) is 14. The number of nitrogens with one attached hydrogen (secondary N) is 7. The molecule has 2 aromatic rings. The maximum absolute atomic E-state index is 14.1. The molecule has 0 spiro atoms. The van der Waals surface area contributed by atoms with Crippen molar-refractivity contribution in [1.82, 2.24) is 37.2 Å². The van der Waals surface area contributed by atoms with Gasteiger partial charge in [0.25, 0.3) is 0 Å². The van der Waals surface area contributed by atoms with Crippen LogP contribution in [0, 0.1) is 5.92 Å². The van der Waals surface area contributed by atoms with E-state index in [0.717, 1.165) is 0 Å². The van der Waals surface area contributed by atoms with Crippen molar-refractivity contribution < 1.29 is 53.4 Å². The molecule has 0 saturated heterocycles. The van der Waals surface area contributed by atoms with E-state index in [4.69, 9.17) is 17.2 Å². The molecule has 0 aliphatic heterocycles. The van der Waals surface area contributed by atoms with Crippen LogP contribution in [0.15, 0.2) is 60.7 Å². The van der Waals surface area contributed by atoms with Gasteiger partial charge in [-0.25, -0.2) is 4.79 Å². The summed E-state index contributed by atoms with van der Waals surface area (Å²) in [5, 5.41) is 37.2. The minimum atomic E-state index is -1.82. The monoisotopic (exact) mass is 1000 g/mol. The molecular formula is C46H70N10O11S2. The van der Waals surface area contributed by atoms with Gasteiger partial charge in [-0.2, -0.15) is 25.3 Å². The highest BCUT2D eigenvalue weighted by Gasteiger charge is 2.35. The first-order valence-corrected chi connectivity index (χ1v) is 24.1. The Morgan fingerprint density at radius 1 is 0.493 bits per heavy atom. The second kappa shape index (κ2) is 32.1. The Labute approximate surface area is 413 Å². The molecule has 8 atom stereocenters. The normalized spacial score (nSPS) is 14.6. The van der Waals surface area contributed by atoms with Gasteiger partial charge in [0.2, 0.25) is 41.4 Å². The van der Waals surface area contributed by atoms with Gasteiger partial charge in [0.05, 0.1) is 12.5 Å². The largest absolute Gasteiger partial charge is 0.481 e. The third kappa shape index (κ3) is 22.5. The quantitative estimate of drug-likeness (QED) is 0.0299. The Kier molecular flexibility index (Phi) is 27.7. The highest BCUT2D eigenvalue weighted by molar-refractivity contribution is 7.80. The number of carbonyl (C=O) groups is 9. The first kappa shape index (κ1) is 59.4. The average molecular weight is 1000 g/mol. The van der Waals surface area contributed by atoms with Crippen LogP contribution in [0.5, 0.6) is 0 Å². The summed E-state index contributed by atoms with van der Waals surface area (Å²) in [5.74, 6) is -9.49. The van der Waals surface area contributed by atoms with E-state index in [-0.39, 0.29) is 43.1 Å². The fourth-order valence-electron chi connectivity index (χ4n) is 6.90. The van der Waals surface area contributed by atoms with Crippen LogP contribution in [0.4, 0.5) is 0 Å². The van der Waals surface area contributed by atoms with E-state index in [2.05, 4.69) is 62.5 Å². The topological polar surface area (TPSA) is 356 Å². The summed E-state index contributed by atoms with van der Waals surface area (Å²) >= 11 is 8.44. The van der Waals surface area contributed by atoms with Gasteiger partial charge >= 0.3 is 11.9 Å². The van der Waals surface area contributed by atoms with Gasteiger partial charge in [0, 0.05) is 24.3 Å². The summed E-state index contributed by atoms with van der Waals surface area (Å²) in [6.45, 7) is 4.33. The van der Waals surface area contributed by atoms with Crippen LogP contribution in [-0.4, -0.2) is 136 Å². The lowest BCUT2D eigenvalue weighted by atomic mass is 10.00. The number of nitrogens with two attached hydrogens (primary N) is 3. The summed E-state index contributed by atoms with van der Waals surface area (Å²) < 4.78 is 0. The molecule has 0 unspecified atom stereocenters. The number of unbranched alkanes of at least 4 members (excludes halogenated alkanes) is 2. The maximum atomic E-state index is 14.1. The van der Waals surface area contributed by atoms with Crippen molar-refractivity contribution in [2.75, 3.05) is 24.6 Å². The molecule has 2 aromatic carbocycles. The molecule has 0 aromatic heterocycles. The summed E-state index contributed by atoms with van der Waals surface area (Å²) in [5.41, 5.74) is 18.3. The van der Waals surface area contributed by atoms with Crippen molar-refractivity contribution in [3.8, 4) is 0 Å². The predicted octanol–water partition coefficient (Wildman–Crippen LogP) is -1.08. The van der Waals surface area contributed by atoms with Crippen molar-refractivity contribution in [2.24, 2.45) is 23.1 Å². The number of thiol groups is 2. The lowest BCUT2D eigenvalue weighted by Crippen LogP contribution is -2.61. The summed E-state index contributed by atoms with van der Waals surface area (Å²) in [7, 11) is 0. The number of benzene rings is 2. The van der Waals surface area contributed by atoms with Crippen LogP contribution in [0.25, 0.3) is 0 Å². The molecule has 0 fully saturated rings. The standard InChI is InChI=1S/C46H70N10O11S2/c1-27(2)21-32(40(60)50-31(46(66)67)18-10-12-20-48)51-41(61)33(22-28-13-5-3-6-14-28)52-43(63)35(24-38(57)58)54-45(65)37(26-69)56-42(62)34(23-29-15-7-4-8-16-29)53-44(64)36(25-68)55-39(59)30(49)17-9-11-19-47/h3-8,13-16,27,30-37,68-69H,9-12,17-26,47-49H2,1-2H3,(H,50,60)(H,51,61)(H,52,63)(H,53,64)(H,54,65)(H,55,59)(H,56,62)(H,57,58)(H,66,67)/t30-,31-,32-,33-,34-,35-,36-,37-/m0/s1. The third-order valence-corrected chi connectivity index (χ3v) is 11.4. The predicted molar refractivity (Wildman–Crippen MR) is 265 cm³/mol. The van der Waals surface area contributed by atoms with Gasteiger partial charge in [-0.05, 0) is 68.7 Å². The van der Waals surface area contributed by atoms with Gasteiger partial charge in [0.15, 0.2) is 0 Å². The van der Waals surface area contributed by atoms with Gasteiger partial charge in [-0.3, -0.25) is 38.4 Å². The summed E-state index contributed by atoms with van der Waals surface area (Å²) in [4.78, 5) is 120. The Morgan fingerprint density at radius 3 is 1.28 bits per heavy atom. The Balaban J connectivity index is 2.36. The number of rotatable bonds is 33. The Bertz CT molecular complexity index is 1990. The average Bonchev–Trinajstić information content (AvgIpc) is 3.31. The fraction of sp³-hybridized carbons (Fsp3) is 0.543. The fourth-order valence-corrected chi connectivity index (χ4v) is 7.41. The number of carbonyl (C=O) groups excluding carboxylic acids is 7. The van der Waals surface area contributed by atoms with Crippen LogP contribution in [-0.2, 0) is 56.0 Å². The molecule has 7 amide bonds. The SMILES string of the molecule is CC(C)C[C@H](NC(=O)[C@H](Cc1ccccc1)NC(=O)[C@H](CC(=O)O)NC(=O)[C@H](CS)NC(=O)[C@H](Cc1ccccc1)NC(=O)[C@H](CS)NC(=O)[C@@H](N)CCCCN)C(=O)N[C@@H](CCCCN)C(=O)O. The van der Waals surface area contributed by atoms with E-state index in [9.17, 15) is 53.4 Å². The molecule has 23 heteroatoms. The molecule has 0 aliphatic carbocycles. The first-order valence-electron chi connectivity index (χ1n) is 22.9. The number of amides is 7. The van der Waals surface area contributed by atoms with Crippen LogP contribution < -0.4 is 54.4 Å². The molecule has 0 radical (unpaired) electrons. The molecule has 0 bridgehead atoms. The second-order valence-corrected chi connectivity index (χ2v) is 17.6. The summed E-state index contributed by atoms with van der Waals surface area (Å²) in [6, 6.07) is 6.26. The molecule has 0 heterocycles. The molecule has 69 heavy (non-hydrogen) atoms. The molecular weight excluding hydrogens is 933 g/mol. The molecule has 21 nitrogen and oxygen atoms in total. The molecule has 0 aliphatic rings. The lowest BCUT2D eigenvalue weighted by molar-refractivity contribution is -0.142. The molecule has 382 valence electrons. The van der Waals surface area contributed by atoms with Gasteiger partial charge in [-0.1, -0.05) is 80.9 Å². The van der Waals surface area contributed by atoms with Crippen LogP contribution in [0.3, 0.4) is 0 Å². The van der Waals surface area contributed by atoms with Gasteiger partial charge in [-0.15, -0.1) is 0 Å². The molecule has 2 rings (SSSR count). The Morgan fingerprint density at radius 2 is 0.855 bits per heavy atom. The number of carboxylic acids is 2. The van der Waals surface area contributed by atoms with Gasteiger partial charge < -0.3 is 64.6 Å². The van der Waals surface area contributed by atoms with Crippen molar-refractivity contribution in [1.29, 1.82) is 0 Å². The van der Waals surface area contributed by atoms with E-state index < -0.39 is 108 Å². The van der Waals surface area contributed by atoms with E-state index in [1.807, 2.05) is 0 Å². The third-order valence-electron chi connectivity index (χ3n) is 10.7. The minimum absolute atomic E-state index is 0.0747. The minimum Gasteiger partial charge on any atom is -0.481 e. The van der Waals surface area contributed by atoms with E-state index >= 15 is 0 Å². The highest BCUT2D eigenvalue weighted by atomic mass is 32.1. The van der Waals surface area contributed by atoms with Crippen molar-refractivity contribution >= 4 is 78.5 Å².